The number of likely N-dealkylation sites (tertiary alicyclic amines) is 2. The van der Waals surface area contributed by atoms with Crippen LogP contribution in [0.1, 0.15) is 43.0 Å². The van der Waals surface area contributed by atoms with Crippen LogP contribution >= 0.6 is 11.8 Å². The SMILES string of the molecule is CC(=O)NC1CCN(CC(O)Cn2nc(-c3ccc(C(F)(F)F)c(SCCN4CCCC4)c3)c3c2CCN(S(C)(=O)=O)C3)C1. The Morgan fingerprint density at radius 1 is 1.16 bits per heavy atom. The smallest absolute Gasteiger partial charge is 0.390 e. The molecule has 3 aliphatic rings. The van der Waals surface area contributed by atoms with Crippen LogP contribution in [-0.2, 0) is 40.5 Å². The predicted octanol–water partition coefficient (Wildman–Crippen LogP) is 2.65. The molecule has 15 heteroatoms. The second-order valence-electron chi connectivity index (χ2n) is 12.0. The Kier molecular flexibility index (Phi) is 10.3. The quantitative estimate of drug-likeness (QED) is 0.355. The first-order valence-electron chi connectivity index (χ1n) is 15.1. The van der Waals surface area contributed by atoms with E-state index in [1.165, 1.54) is 35.1 Å². The number of aliphatic hydroxyl groups is 1. The van der Waals surface area contributed by atoms with Crippen molar-refractivity contribution in [3.63, 3.8) is 0 Å². The molecule has 2 fully saturated rings. The molecule has 10 nitrogen and oxygen atoms in total. The highest BCUT2D eigenvalue weighted by Gasteiger charge is 2.35. The Morgan fingerprint density at radius 3 is 2.59 bits per heavy atom. The summed E-state index contributed by atoms with van der Waals surface area (Å²) in [5.74, 6) is 0.430. The van der Waals surface area contributed by atoms with Gasteiger partial charge in [0.05, 0.1) is 30.2 Å². The molecular weight excluding hydrogens is 617 g/mol. The summed E-state index contributed by atoms with van der Waals surface area (Å²) in [6, 6.07) is 4.05. The second kappa shape index (κ2) is 13.7. The highest BCUT2D eigenvalue weighted by Crippen LogP contribution is 2.40. The first-order valence-corrected chi connectivity index (χ1v) is 17.9. The number of thioether (sulfide) groups is 1. The number of β-amino-alcohol motifs (C(OH)–C–C–N with tert-alkyl or cyclic N) is 1. The number of hydrogen-bond donors (Lipinski definition) is 2. The maximum absolute atomic E-state index is 14.0. The number of aromatic nitrogens is 2. The summed E-state index contributed by atoms with van der Waals surface area (Å²) in [6.07, 6.45) is -0.786. The van der Waals surface area contributed by atoms with Crippen LogP contribution in [0.25, 0.3) is 11.3 Å². The molecule has 1 amide bonds. The van der Waals surface area contributed by atoms with Gasteiger partial charge in [-0.05, 0) is 44.5 Å². The van der Waals surface area contributed by atoms with E-state index in [1.807, 2.05) is 0 Å². The molecule has 1 aromatic heterocycles. The van der Waals surface area contributed by atoms with Crippen LogP contribution < -0.4 is 5.32 Å². The second-order valence-corrected chi connectivity index (χ2v) is 15.1. The lowest BCUT2D eigenvalue weighted by molar-refractivity contribution is -0.139. The molecule has 5 rings (SSSR count). The Hall–Kier alpha value is -2.17. The molecule has 244 valence electrons. The largest absolute Gasteiger partial charge is 0.417 e. The number of carbonyl (C=O) groups is 1. The molecule has 0 bridgehead atoms. The Bertz CT molecular complexity index is 1450. The molecule has 0 radical (unpaired) electrons. The third-order valence-corrected chi connectivity index (χ3v) is 10.8. The van der Waals surface area contributed by atoms with Gasteiger partial charge in [0.25, 0.3) is 0 Å². The fourth-order valence-electron chi connectivity index (χ4n) is 6.41. The van der Waals surface area contributed by atoms with Crippen molar-refractivity contribution in [1.29, 1.82) is 0 Å². The molecule has 0 saturated carbocycles. The molecule has 4 heterocycles. The molecule has 2 aromatic rings. The lowest BCUT2D eigenvalue weighted by atomic mass is 10.0. The van der Waals surface area contributed by atoms with Gasteiger partial charge < -0.3 is 15.3 Å². The van der Waals surface area contributed by atoms with E-state index < -0.39 is 27.9 Å². The van der Waals surface area contributed by atoms with Crippen molar-refractivity contribution in [2.24, 2.45) is 0 Å². The summed E-state index contributed by atoms with van der Waals surface area (Å²) in [5, 5.41) is 18.7. The zero-order valence-electron chi connectivity index (χ0n) is 25.1. The molecule has 2 saturated heterocycles. The van der Waals surface area contributed by atoms with Crippen molar-refractivity contribution >= 4 is 27.7 Å². The summed E-state index contributed by atoms with van der Waals surface area (Å²) in [5.41, 5.74) is 1.65. The van der Waals surface area contributed by atoms with E-state index in [4.69, 9.17) is 5.10 Å². The molecule has 0 aliphatic carbocycles. The minimum Gasteiger partial charge on any atom is -0.390 e. The van der Waals surface area contributed by atoms with Crippen molar-refractivity contribution in [2.75, 3.05) is 57.8 Å². The van der Waals surface area contributed by atoms with Crippen LogP contribution in [-0.4, -0.2) is 113 Å². The number of aliphatic hydroxyl groups excluding tert-OH is 1. The van der Waals surface area contributed by atoms with Crippen molar-refractivity contribution in [3.05, 3.63) is 35.0 Å². The van der Waals surface area contributed by atoms with Gasteiger partial charge in [-0.1, -0.05) is 6.07 Å². The van der Waals surface area contributed by atoms with Gasteiger partial charge in [-0.15, -0.1) is 11.8 Å². The Morgan fingerprint density at radius 2 is 1.91 bits per heavy atom. The van der Waals surface area contributed by atoms with Crippen LogP contribution in [0.4, 0.5) is 13.2 Å². The zero-order chi connectivity index (χ0) is 31.6. The van der Waals surface area contributed by atoms with Gasteiger partial charge in [-0.3, -0.25) is 14.4 Å². The number of sulfonamides is 1. The van der Waals surface area contributed by atoms with Crippen LogP contribution in [0, 0.1) is 0 Å². The van der Waals surface area contributed by atoms with E-state index >= 15 is 0 Å². The number of carbonyl (C=O) groups excluding carboxylic acids is 1. The average molecular weight is 659 g/mol. The maximum Gasteiger partial charge on any atom is 0.417 e. The number of nitrogens with one attached hydrogen (secondary N) is 1. The number of alkyl halides is 3. The van der Waals surface area contributed by atoms with Crippen LogP contribution in [0.15, 0.2) is 23.1 Å². The van der Waals surface area contributed by atoms with E-state index in [0.29, 0.717) is 48.6 Å². The standard InChI is InChI=1S/C29H41F3N6O4S2/c1-20(39)33-22-7-11-36(16-22)17-23(40)18-38-26-8-12-37(44(2,41)42)19-24(26)28(34-38)21-5-6-25(29(30,31)32)27(15-21)43-14-13-35-9-3-4-10-35/h5-6,15,22-23,40H,3-4,7-14,16-19H2,1-2H3,(H,33,39). The lowest BCUT2D eigenvalue weighted by Crippen LogP contribution is -2.39. The fourth-order valence-corrected chi connectivity index (χ4v) is 8.31. The Balaban J connectivity index is 1.41. The predicted molar refractivity (Wildman–Crippen MR) is 163 cm³/mol. The van der Waals surface area contributed by atoms with Gasteiger partial charge in [0.15, 0.2) is 0 Å². The molecule has 3 aliphatic heterocycles. The zero-order valence-corrected chi connectivity index (χ0v) is 26.8. The summed E-state index contributed by atoms with van der Waals surface area (Å²) < 4.78 is 69.9. The molecule has 2 atom stereocenters. The highest BCUT2D eigenvalue weighted by molar-refractivity contribution is 7.99. The van der Waals surface area contributed by atoms with Gasteiger partial charge in [-0.2, -0.15) is 22.6 Å². The number of benzene rings is 1. The molecule has 2 unspecified atom stereocenters. The minimum absolute atomic E-state index is 0.0350. The van der Waals surface area contributed by atoms with Crippen molar-refractivity contribution in [2.45, 2.75) is 68.9 Å². The van der Waals surface area contributed by atoms with E-state index in [2.05, 4.69) is 15.1 Å². The van der Waals surface area contributed by atoms with Gasteiger partial charge in [-0.25, -0.2) is 8.42 Å². The number of nitrogens with zero attached hydrogens (tertiary/aromatic N) is 5. The molecule has 1 aromatic carbocycles. The third kappa shape index (κ3) is 8.15. The monoisotopic (exact) mass is 658 g/mol. The third-order valence-electron chi connectivity index (χ3n) is 8.52. The first-order chi connectivity index (χ1) is 20.8. The fraction of sp³-hybridized carbons (Fsp3) is 0.655. The van der Waals surface area contributed by atoms with E-state index in [9.17, 15) is 31.5 Å². The number of hydrogen-bond acceptors (Lipinski definition) is 8. The number of fused-ring (bicyclic) bond motifs is 1. The number of amides is 1. The number of halogens is 3. The lowest BCUT2D eigenvalue weighted by Gasteiger charge is -2.26. The minimum atomic E-state index is -4.51. The van der Waals surface area contributed by atoms with Crippen molar-refractivity contribution in [3.8, 4) is 11.3 Å². The van der Waals surface area contributed by atoms with E-state index in [1.54, 1.807) is 4.68 Å². The normalized spacial score (nSPS) is 21.1. The van der Waals surface area contributed by atoms with Crippen LogP contribution in [0.5, 0.6) is 0 Å². The summed E-state index contributed by atoms with van der Waals surface area (Å²) >= 11 is 1.18. The average Bonchev–Trinajstić information content (AvgIpc) is 3.68. The molecule has 0 spiro atoms. The maximum atomic E-state index is 14.0. The molecule has 44 heavy (non-hydrogen) atoms. The summed E-state index contributed by atoms with van der Waals surface area (Å²) in [6.45, 7) is 6.32. The summed E-state index contributed by atoms with van der Waals surface area (Å²) in [4.78, 5) is 15.9. The van der Waals surface area contributed by atoms with Crippen LogP contribution in [0.3, 0.4) is 0 Å². The highest BCUT2D eigenvalue weighted by atomic mass is 32.2. The number of rotatable bonds is 11. The first kappa shape index (κ1) is 33.2. The van der Waals surface area contributed by atoms with Crippen LogP contribution in [0.2, 0.25) is 0 Å². The van der Waals surface area contributed by atoms with Gasteiger partial charge in [0, 0.05) is 86.1 Å². The van der Waals surface area contributed by atoms with E-state index in [0.717, 1.165) is 56.9 Å². The molecular formula is C29H41F3N6O4S2. The summed E-state index contributed by atoms with van der Waals surface area (Å²) in [7, 11) is -3.51. The van der Waals surface area contributed by atoms with E-state index in [-0.39, 0.29) is 36.5 Å². The van der Waals surface area contributed by atoms with Gasteiger partial charge >= 0.3 is 6.18 Å². The van der Waals surface area contributed by atoms with Gasteiger partial charge in [0.1, 0.15) is 0 Å². The van der Waals surface area contributed by atoms with Crippen molar-refractivity contribution in [1.82, 2.24) is 29.2 Å². The van der Waals surface area contributed by atoms with Crippen molar-refractivity contribution < 1.29 is 31.5 Å². The topological polar surface area (TPSA) is 111 Å². The molecule has 2 N–H and O–H groups in total. The van der Waals surface area contributed by atoms with Gasteiger partial charge in [0.2, 0.25) is 15.9 Å². The Labute approximate surface area is 261 Å².